The van der Waals surface area contributed by atoms with Crippen LogP contribution < -0.4 is 11.3 Å². The predicted molar refractivity (Wildman–Crippen MR) is 67.5 cm³/mol. The van der Waals surface area contributed by atoms with Gasteiger partial charge in [-0.05, 0) is 39.8 Å². The zero-order valence-electron chi connectivity index (χ0n) is 10.7. The van der Waals surface area contributed by atoms with Gasteiger partial charge in [0.1, 0.15) is 0 Å². The van der Waals surface area contributed by atoms with Crippen LogP contribution in [0, 0.1) is 0 Å². The maximum absolute atomic E-state index is 5.64. The van der Waals surface area contributed by atoms with Gasteiger partial charge in [-0.2, -0.15) is 0 Å². The Kier molecular flexibility index (Phi) is 6.81. The summed E-state index contributed by atoms with van der Waals surface area (Å²) in [7, 11) is 0. The van der Waals surface area contributed by atoms with Crippen LogP contribution in [0.1, 0.15) is 40.5 Å². The molecule has 1 unspecified atom stereocenters. The van der Waals surface area contributed by atoms with Crippen molar-refractivity contribution in [2.24, 2.45) is 5.84 Å². The van der Waals surface area contributed by atoms with E-state index in [2.05, 4.69) is 44.6 Å². The highest BCUT2D eigenvalue weighted by Gasteiger charge is 2.32. The molecule has 0 fully saturated rings. The number of allylic oxidation sites excluding steroid dienone is 1. The molecule has 0 aliphatic rings. The van der Waals surface area contributed by atoms with Crippen molar-refractivity contribution in [2.75, 3.05) is 13.1 Å². The van der Waals surface area contributed by atoms with Gasteiger partial charge in [-0.1, -0.05) is 19.9 Å². The number of rotatable bonds is 8. The van der Waals surface area contributed by atoms with E-state index >= 15 is 0 Å². The van der Waals surface area contributed by atoms with Crippen LogP contribution in [0.2, 0.25) is 0 Å². The lowest BCUT2D eigenvalue weighted by Crippen LogP contribution is -2.59. The molecule has 0 spiro atoms. The van der Waals surface area contributed by atoms with Crippen molar-refractivity contribution < 1.29 is 0 Å². The van der Waals surface area contributed by atoms with Crippen LogP contribution in [-0.4, -0.2) is 29.6 Å². The van der Waals surface area contributed by atoms with E-state index in [1.54, 1.807) is 0 Å². The summed E-state index contributed by atoms with van der Waals surface area (Å²) < 4.78 is 0. The molecular weight excluding hydrogens is 186 g/mol. The van der Waals surface area contributed by atoms with Crippen LogP contribution in [0.4, 0.5) is 0 Å². The quantitative estimate of drug-likeness (QED) is 0.368. The van der Waals surface area contributed by atoms with Gasteiger partial charge in [-0.3, -0.25) is 16.2 Å². The molecule has 0 amide bonds. The van der Waals surface area contributed by atoms with Crippen LogP contribution in [0.5, 0.6) is 0 Å². The molecule has 0 aliphatic heterocycles. The highest BCUT2D eigenvalue weighted by atomic mass is 15.3. The fraction of sp³-hybridized carbons (Fsp3) is 0.833. The lowest BCUT2D eigenvalue weighted by atomic mass is 9.89. The highest BCUT2D eigenvalue weighted by Crippen LogP contribution is 2.21. The number of hydrogen-bond donors (Lipinski definition) is 2. The van der Waals surface area contributed by atoms with Gasteiger partial charge in [0.25, 0.3) is 0 Å². The van der Waals surface area contributed by atoms with Gasteiger partial charge >= 0.3 is 0 Å². The first kappa shape index (κ1) is 14.6. The molecule has 0 aromatic carbocycles. The monoisotopic (exact) mass is 213 g/mol. The molecular formula is C12H27N3. The molecule has 0 aromatic rings. The van der Waals surface area contributed by atoms with E-state index in [9.17, 15) is 0 Å². The van der Waals surface area contributed by atoms with Crippen LogP contribution >= 0.6 is 0 Å². The minimum absolute atomic E-state index is 0.0846. The molecule has 0 aliphatic carbocycles. The molecule has 3 heteroatoms. The number of hydrogen-bond acceptors (Lipinski definition) is 3. The van der Waals surface area contributed by atoms with Gasteiger partial charge in [0, 0.05) is 11.6 Å². The van der Waals surface area contributed by atoms with Crippen LogP contribution in [0.25, 0.3) is 0 Å². The molecule has 90 valence electrons. The van der Waals surface area contributed by atoms with Gasteiger partial charge < -0.3 is 0 Å². The Bertz CT molecular complexity index is 174. The van der Waals surface area contributed by atoms with Gasteiger partial charge in [-0.15, -0.1) is 6.58 Å². The zero-order valence-corrected chi connectivity index (χ0v) is 10.7. The largest absolute Gasteiger partial charge is 0.297 e. The Balaban J connectivity index is 4.53. The Hall–Kier alpha value is -0.380. The summed E-state index contributed by atoms with van der Waals surface area (Å²) in [6.45, 7) is 14.7. The van der Waals surface area contributed by atoms with E-state index in [1.165, 1.54) is 0 Å². The van der Waals surface area contributed by atoms with Crippen LogP contribution in [0.3, 0.4) is 0 Å². The van der Waals surface area contributed by atoms with Crippen molar-refractivity contribution in [2.45, 2.75) is 52.1 Å². The van der Waals surface area contributed by atoms with E-state index in [1.807, 2.05) is 6.08 Å². The Labute approximate surface area is 94.7 Å². The highest BCUT2D eigenvalue weighted by molar-refractivity contribution is 4.93. The van der Waals surface area contributed by atoms with Gasteiger partial charge in [-0.25, -0.2) is 0 Å². The number of nitrogens with zero attached hydrogens (tertiary/aromatic N) is 1. The van der Waals surface area contributed by atoms with E-state index in [0.717, 1.165) is 25.9 Å². The SMILES string of the molecule is C=CCCC(NN)C(C)(C)N(CC)CC. The zero-order chi connectivity index (χ0) is 11.9. The number of nitrogens with one attached hydrogen (secondary N) is 1. The maximum atomic E-state index is 5.64. The van der Waals surface area contributed by atoms with E-state index < -0.39 is 0 Å². The second-order valence-electron chi connectivity index (χ2n) is 4.41. The molecule has 1 atom stereocenters. The topological polar surface area (TPSA) is 41.3 Å². The van der Waals surface area contributed by atoms with Crippen molar-refractivity contribution in [3.63, 3.8) is 0 Å². The summed E-state index contributed by atoms with van der Waals surface area (Å²) >= 11 is 0. The van der Waals surface area contributed by atoms with Crippen LogP contribution in [-0.2, 0) is 0 Å². The first-order valence-corrected chi connectivity index (χ1v) is 5.86. The number of likely N-dealkylation sites (N-methyl/N-ethyl adjacent to an activating group) is 1. The summed E-state index contributed by atoms with van der Waals surface area (Å²) in [6, 6.07) is 0.301. The van der Waals surface area contributed by atoms with Gasteiger partial charge in [0.05, 0.1) is 0 Å². The molecule has 0 radical (unpaired) electrons. The first-order chi connectivity index (χ1) is 7.04. The van der Waals surface area contributed by atoms with Crippen molar-refractivity contribution in [1.82, 2.24) is 10.3 Å². The van der Waals surface area contributed by atoms with Gasteiger partial charge in [0.15, 0.2) is 0 Å². The third-order valence-electron chi connectivity index (χ3n) is 3.29. The van der Waals surface area contributed by atoms with Crippen molar-refractivity contribution in [3.05, 3.63) is 12.7 Å². The summed E-state index contributed by atoms with van der Waals surface area (Å²) in [4.78, 5) is 2.43. The van der Waals surface area contributed by atoms with E-state index in [-0.39, 0.29) is 5.54 Å². The molecule has 0 bridgehead atoms. The summed E-state index contributed by atoms with van der Waals surface area (Å²) in [5, 5.41) is 0. The van der Waals surface area contributed by atoms with Crippen molar-refractivity contribution >= 4 is 0 Å². The summed E-state index contributed by atoms with van der Waals surface area (Å²) in [5.74, 6) is 5.64. The summed E-state index contributed by atoms with van der Waals surface area (Å²) in [6.07, 6.45) is 3.98. The standard InChI is InChI=1S/C12H27N3/c1-6-9-10-11(14-13)12(4,5)15(7-2)8-3/h6,11,14H,1,7-10,13H2,2-5H3. The second kappa shape index (κ2) is 6.99. The third kappa shape index (κ3) is 3.93. The molecule has 0 saturated heterocycles. The van der Waals surface area contributed by atoms with E-state index in [0.29, 0.717) is 6.04 Å². The Morgan fingerprint density at radius 2 is 1.93 bits per heavy atom. The van der Waals surface area contributed by atoms with Crippen molar-refractivity contribution in [1.29, 1.82) is 0 Å². The molecule has 15 heavy (non-hydrogen) atoms. The molecule has 0 rings (SSSR count). The lowest BCUT2D eigenvalue weighted by Gasteiger charge is -2.43. The second-order valence-corrected chi connectivity index (χ2v) is 4.41. The average Bonchev–Trinajstić information content (AvgIpc) is 2.20. The number of hydrazine groups is 1. The maximum Gasteiger partial charge on any atom is 0.0392 e. The van der Waals surface area contributed by atoms with Crippen molar-refractivity contribution in [3.8, 4) is 0 Å². The summed E-state index contributed by atoms with van der Waals surface area (Å²) in [5.41, 5.74) is 3.02. The minimum atomic E-state index is 0.0846. The van der Waals surface area contributed by atoms with Crippen LogP contribution in [0.15, 0.2) is 12.7 Å². The number of nitrogens with two attached hydrogens (primary N) is 1. The molecule has 0 saturated carbocycles. The Morgan fingerprint density at radius 1 is 1.40 bits per heavy atom. The molecule has 3 nitrogen and oxygen atoms in total. The fourth-order valence-electron chi connectivity index (χ4n) is 2.18. The molecule has 0 aromatic heterocycles. The third-order valence-corrected chi connectivity index (χ3v) is 3.29. The average molecular weight is 213 g/mol. The molecule has 3 N–H and O–H groups in total. The first-order valence-electron chi connectivity index (χ1n) is 5.86. The van der Waals surface area contributed by atoms with Gasteiger partial charge in [0.2, 0.25) is 0 Å². The normalized spacial score (nSPS) is 14.3. The van der Waals surface area contributed by atoms with E-state index in [4.69, 9.17) is 5.84 Å². The smallest absolute Gasteiger partial charge is 0.0392 e. The minimum Gasteiger partial charge on any atom is -0.297 e. The Morgan fingerprint density at radius 3 is 2.27 bits per heavy atom. The molecule has 0 heterocycles. The lowest BCUT2D eigenvalue weighted by molar-refractivity contribution is 0.0880. The predicted octanol–water partition coefficient (Wildman–Crippen LogP) is 1.90. The fourth-order valence-corrected chi connectivity index (χ4v) is 2.18.